The Morgan fingerprint density at radius 2 is 0.649 bits per heavy atom. The molecule has 0 aromatic heterocycles. The van der Waals surface area contributed by atoms with Gasteiger partial charge in [-0.25, -0.2) is 0 Å². The van der Waals surface area contributed by atoms with Crippen molar-refractivity contribution in [3.05, 3.63) is 12.3 Å². The van der Waals surface area contributed by atoms with Crippen molar-refractivity contribution in [1.29, 1.82) is 0 Å². The molecular weight excluding hydrogens is 961 g/mol. The number of allylic oxidation sites excluding steroid dienone is 1. The van der Waals surface area contributed by atoms with Crippen molar-refractivity contribution in [2.24, 2.45) is 0 Å². The first kappa shape index (κ1) is 72.4. The maximum Gasteiger partial charge on any atom is 0.306 e. The summed E-state index contributed by atoms with van der Waals surface area (Å²) in [6, 6.07) is 0. The van der Waals surface area contributed by atoms with Crippen LogP contribution in [0.15, 0.2) is 12.3 Å². The van der Waals surface area contributed by atoms with Gasteiger partial charge in [-0.2, -0.15) is 0 Å². The summed E-state index contributed by atoms with van der Waals surface area (Å²) in [4.78, 5) is 43.9. The van der Waals surface area contributed by atoms with Crippen LogP contribution in [0.5, 0.6) is 0 Å². The molecule has 452 valence electrons. The van der Waals surface area contributed by atoms with Crippen LogP contribution in [0.3, 0.4) is 0 Å². The minimum Gasteiger partial charge on any atom is -0.495 e. The number of hydrogen-bond acceptors (Lipinski definition) is 9. The molecule has 5 fully saturated rings. The molecule has 9 heteroatoms. The topological polar surface area (TPSA) is 114 Å². The van der Waals surface area contributed by atoms with Crippen molar-refractivity contribution < 1.29 is 42.9 Å². The molecule has 0 N–H and O–H groups in total. The highest BCUT2D eigenvalue weighted by Gasteiger charge is 2.36. The van der Waals surface area contributed by atoms with Crippen molar-refractivity contribution >= 4 is 23.9 Å². The third-order valence-electron chi connectivity index (χ3n) is 16.4. The standard InChI is InChI=1S/C15H28O.2C14H26O2.C13H24O2.C12H22O2/c1-3-4-5-6-7-8-9-10-11-15-13-12-14(2)16-15;1-3-4-5-6-7-8-9-11-14(2)12-10-13(15)16-14;1-2-3-4-5-6-7-8-10-13-11-9-12-14(15)16-13;1-3-4-5-6-7-8-10-13(2)11-9-12(14)15-13;1-2-3-4-5-6-7-8-11-9-10-12(13)14-11/h15H,2-13H2,1H3;3-12H2,1-2H3;13H,2-12H2,1H3;3-11H2,1-2H3;11H,2-10H2,1H3. The Labute approximate surface area is 476 Å². The first-order valence-corrected chi connectivity index (χ1v) is 33.5. The molecule has 5 saturated heterocycles. The molecule has 77 heavy (non-hydrogen) atoms. The van der Waals surface area contributed by atoms with Crippen molar-refractivity contribution in [1.82, 2.24) is 0 Å². The molecule has 0 saturated carbocycles. The van der Waals surface area contributed by atoms with Gasteiger partial charge in [-0.15, -0.1) is 0 Å². The highest BCUT2D eigenvalue weighted by molar-refractivity contribution is 5.72. The zero-order valence-corrected chi connectivity index (χ0v) is 52.0. The SMILES string of the molecule is C=C1CCC(CCCCCCCCCC)O1.CCCCCCCCC1(C)CCC(=O)O1.CCCCCCCCC1CCC(=O)O1.CCCCCCCCCC1(C)CCC(=O)O1.CCCCCCCCCC1CCCC(=O)O1. The Bertz CT molecular complexity index is 1440. The van der Waals surface area contributed by atoms with E-state index >= 15 is 0 Å². The van der Waals surface area contributed by atoms with E-state index in [1.54, 1.807) is 0 Å². The summed E-state index contributed by atoms with van der Waals surface area (Å²) in [5.74, 6) is 0.999. The van der Waals surface area contributed by atoms with Crippen LogP contribution < -0.4 is 0 Å². The van der Waals surface area contributed by atoms with E-state index in [0.29, 0.717) is 31.8 Å². The van der Waals surface area contributed by atoms with E-state index in [-0.39, 0.29) is 47.3 Å². The van der Waals surface area contributed by atoms with E-state index in [4.69, 9.17) is 23.7 Å². The van der Waals surface area contributed by atoms with E-state index in [9.17, 15) is 19.2 Å². The van der Waals surface area contributed by atoms with Crippen LogP contribution in [0.4, 0.5) is 0 Å². The second-order valence-electron chi connectivity index (χ2n) is 24.4. The summed E-state index contributed by atoms with van der Waals surface area (Å²) in [5.41, 5.74) is -0.275. The second kappa shape index (κ2) is 49.3. The molecule has 5 heterocycles. The molecule has 5 aliphatic heterocycles. The molecule has 0 aliphatic carbocycles. The number of carbonyl (C=O) groups excluding carboxylic acids is 4. The van der Waals surface area contributed by atoms with Crippen LogP contribution in [0.2, 0.25) is 0 Å². The van der Waals surface area contributed by atoms with E-state index in [2.05, 4.69) is 55.0 Å². The van der Waals surface area contributed by atoms with E-state index in [1.807, 2.05) is 0 Å². The van der Waals surface area contributed by atoms with E-state index < -0.39 is 0 Å². The fourth-order valence-electron chi connectivity index (χ4n) is 11.2. The molecule has 0 aromatic rings. The summed E-state index contributed by atoms with van der Waals surface area (Å²) >= 11 is 0. The van der Waals surface area contributed by atoms with Gasteiger partial charge >= 0.3 is 23.9 Å². The largest absolute Gasteiger partial charge is 0.495 e. The normalized spacial score (nSPS) is 22.5. The van der Waals surface area contributed by atoms with E-state index in [1.165, 1.54) is 231 Å². The number of unbranched alkanes of at least 4 members (excludes halogenated alkanes) is 29. The monoisotopic (exact) mass is 1090 g/mol. The highest BCUT2D eigenvalue weighted by atomic mass is 16.6. The first-order valence-electron chi connectivity index (χ1n) is 33.5. The Morgan fingerprint density at radius 1 is 0.351 bits per heavy atom. The Morgan fingerprint density at radius 3 is 0.948 bits per heavy atom. The van der Waals surface area contributed by atoms with Crippen LogP contribution in [0.1, 0.15) is 370 Å². The molecule has 0 spiro atoms. The summed E-state index contributed by atoms with van der Waals surface area (Å²) in [6.07, 6.45) is 61.7. The van der Waals surface area contributed by atoms with Gasteiger partial charge in [0.25, 0.3) is 0 Å². The fourth-order valence-corrected chi connectivity index (χ4v) is 11.2. The Hall–Kier alpha value is -2.58. The zero-order valence-electron chi connectivity index (χ0n) is 52.0. The number of esters is 4. The van der Waals surface area contributed by atoms with Crippen LogP contribution >= 0.6 is 0 Å². The van der Waals surface area contributed by atoms with Gasteiger partial charge < -0.3 is 23.7 Å². The summed E-state index contributed by atoms with van der Waals surface area (Å²) in [6.45, 7) is 19.3. The van der Waals surface area contributed by atoms with Crippen molar-refractivity contribution in [3.8, 4) is 0 Å². The quantitative estimate of drug-likeness (QED) is 0.0337. The number of carbonyl (C=O) groups is 4. The molecule has 5 unspecified atom stereocenters. The molecule has 0 aromatic carbocycles. The summed E-state index contributed by atoms with van der Waals surface area (Å²) in [7, 11) is 0. The number of cyclic esters (lactones) is 4. The maximum atomic E-state index is 11.1. The Balaban J connectivity index is 0.000000482. The van der Waals surface area contributed by atoms with E-state index in [0.717, 1.165) is 70.0 Å². The molecule has 9 nitrogen and oxygen atoms in total. The first-order chi connectivity index (χ1) is 37.3. The fraction of sp³-hybridized carbons (Fsp3) is 0.912. The van der Waals surface area contributed by atoms with Gasteiger partial charge in [0.15, 0.2) is 0 Å². The molecule has 0 radical (unpaired) electrons. The second-order valence-corrected chi connectivity index (χ2v) is 24.4. The van der Waals surface area contributed by atoms with Crippen molar-refractivity contribution in [2.75, 3.05) is 0 Å². The van der Waals surface area contributed by atoms with Crippen molar-refractivity contribution in [3.63, 3.8) is 0 Å². The maximum absolute atomic E-state index is 11.1. The minimum atomic E-state index is -0.138. The van der Waals surface area contributed by atoms with Crippen molar-refractivity contribution in [2.45, 2.75) is 399 Å². The van der Waals surface area contributed by atoms with Gasteiger partial charge in [-0.3, -0.25) is 19.2 Å². The summed E-state index contributed by atoms with van der Waals surface area (Å²) < 4.78 is 26.8. The Kier molecular flexibility index (Phi) is 46.3. The average molecular weight is 1090 g/mol. The average Bonchev–Trinajstić information content (AvgIpc) is 4.21. The lowest BCUT2D eigenvalue weighted by Crippen LogP contribution is -2.23. The number of hydrogen-bond donors (Lipinski definition) is 0. The van der Waals surface area contributed by atoms with Crippen LogP contribution in [-0.4, -0.2) is 53.4 Å². The van der Waals surface area contributed by atoms with Gasteiger partial charge in [0.2, 0.25) is 0 Å². The lowest BCUT2D eigenvalue weighted by Gasteiger charge is -2.22. The van der Waals surface area contributed by atoms with Gasteiger partial charge in [-0.05, 0) is 117 Å². The van der Waals surface area contributed by atoms with Gasteiger partial charge in [0.1, 0.15) is 23.4 Å². The smallest absolute Gasteiger partial charge is 0.306 e. The minimum absolute atomic E-state index is 0.000910. The zero-order chi connectivity index (χ0) is 56.5. The molecule has 5 atom stereocenters. The van der Waals surface area contributed by atoms with Crippen LogP contribution in [-0.2, 0) is 42.9 Å². The third kappa shape index (κ3) is 42.9. The van der Waals surface area contributed by atoms with Gasteiger partial charge in [-0.1, -0.05) is 227 Å². The van der Waals surface area contributed by atoms with Gasteiger partial charge in [0, 0.05) is 32.1 Å². The predicted molar refractivity (Wildman–Crippen MR) is 322 cm³/mol. The molecule has 0 amide bonds. The third-order valence-corrected chi connectivity index (χ3v) is 16.4. The molecule has 5 aliphatic rings. The van der Waals surface area contributed by atoms with Crippen LogP contribution in [0, 0.1) is 0 Å². The van der Waals surface area contributed by atoms with Gasteiger partial charge in [0.05, 0.1) is 11.9 Å². The molecule has 0 bridgehead atoms. The molecular formula is C68H126O9. The lowest BCUT2D eigenvalue weighted by molar-refractivity contribution is -0.154. The molecule has 5 rings (SSSR count). The predicted octanol–water partition coefficient (Wildman–Crippen LogP) is 20.9. The van der Waals surface area contributed by atoms with Crippen LogP contribution in [0.25, 0.3) is 0 Å². The summed E-state index contributed by atoms with van der Waals surface area (Å²) in [5, 5.41) is 0. The highest BCUT2D eigenvalue weighted by Crippen LogP contribution is 2.33. The number of rotatable bonds is 39. The number of ether oxygens (including phenoxy) is 5. The lowest BCUT2D eigenvalue weighted by atomic mass is 9.95.